The van der Waals surface area contributed by atoms with Gasteiger partial charge in [-0.1, -0.05) is 38.8 Å². The first-order valence-electron chi connectivity index (χ1n) is 12.3. The van der Waals surface area contributed by atoms with Gasteiger partial charge >= 0.3 is 5.97 Å². The Balaban J connectivity index is 1.58. The Bertz CT molecular complexity index is 1050. The lowest BCUT2D eigenvalue weighted by molar-refractivity contribution is -0.167. The van der Waals surface area contributed by atoms with E-state index >= 15 is 0 Å². The van der Waals surface area contributed by atoms with Crippen molar-refractivity contribution in [3.8, 4) is 5.75 Å². The second-order valence-corrected chi connectivity index (χ2v) is 9.64. The number of aromatic amines is 1. The predicted molar refractivity (Wildman–Crippen MR) is 127 cm³/mol. The number of nitrogens with one attached hydrogen (secondary N) is 1. The molecule has 1 unspecified atom stereocenters. The van der Waals surface area contributed by atoms with E-state index in [-0.39, 0.29) is 18.1 Å². The summed E-state index contributed by atoms with van der Waals surface area (Å²) in [5, 5.41) is 21.1. The molecule has 2 aromatic rings. The van der Waals surface area contributed by atoms with E-state index in [2.05, 4.69) is 9.97 Å². The average Bonchev–Trinajstić information content (AvgIpc) is 3.46. The van der Waals surface area contributed by atoms with Crippen LogP contribution in [0.4, 0.5) is 0 Å². The van der Waals surface area contributed by atoms with Gasteiger partial charge in [-0.25, -0.2) is 9.78 Å². The Labute approximate surface area is 196 Å². The van der Waals surface area contributed by atoms with Crippen molar-refractivity contribution in [2.75, 3.05) is 0 Å². The van der Waals surface area contributed by atoms with E-state index < -0.39 is 11.6 Å². The highest BCUT2D eigenvalue weighted by molar-refractivity contribution is 5.90. The molecular formula is C27H36N2O4. The standard InChI is InChI=1S/C27H36N2O4/c1-4-19-14-18(10-11-23(19)30)12-13-27(20-8-6-7-9-20)16-24(31)21(26(32)33-27)15-22-17(3)28-25(5-2)29-22/h10-11,14,20,30-31H,4-9,12-13,15-16H2,1-3H3,(H,28,29). The van der Waals surface area contributed by atoms with Gasteiger partial charge in [-0.15, -0.1) is 0 Å². The van der Waals surface area contributed by atoms with Crippen LogP contribution in [0.5, 0.6) is 5.75 Å². The zero-order chi connectivity index (χ0) is 23.6. The first-order valence-corrected chi connectivity index (χ1v) is 12.3. The van der Waals surface area contributed by atoms with E-state index in [0.717, 1.165) is 73.3 Å². The fourth-order valence-corrected chi connectivity index (χ4v) is 5.49. The maximum atomic E-state index is 13.2. The molecular weight excluding hydrogens is 416 g/mol. The fourth-order valence-electron chi connectivity index (χ4n) is 5.49. The molecule has 0 bridgehead atoms. The Hall–Kier alpha value is -2.76. The number of aliphatic hydroxyl groups excluding tert-OH is 1. The molecule has 178 valence electrons. The van der Waals surface area contributed by atoms with Gasteiger partial charge < -0.3 is 19.9 Å². The quantitative estimate of drug-likeness (QED) is 0.465. The third-order valence-electron chi connectivity index (χ3n) is 7.53. The Morgan fingerprint density at radius 3 is 2.58 bits per heavy atom. The van der Waals surface area contributed by atoms with Gasteiger partial charge in [-0.05, 0) is 62.1 Å². The van der Waals surface area contributed by atoms with Crippen LogP contribution in [0.2, 0.25) is 0 Å². The number of aliphatic hydroxyl groups is 1. The number of aromatic nitrogens is 2. The summed E-state index contributed by atoms with van der Waals surface area (Å²) in [6.45, 7) is 6.00. The largest absolute Gasteiger partial charge is 0.512 e. The second kappa shape index (κ2) is 9.62. The number of benzene rings is 1. The number of nitrogens with zero attached hydrogens (tertiary/aromatic N) is 1. The molecule has 1 aromatic carbocycles. The van der Waals surface area contributed by atoms with Crippen molar-refractivity contribution in [3.05, 3.63) is 57.9 Å². The number of esters is 1. The molecule has 2 heterocycles. The minimum absolute atomic E-state index is 0.151. The molecule has 2 aliphatic rings. The van der Waals surface area contributed by atoms with Crippen molar-refractivity contribution >= 4 is 5.97 Å². The maximum absolute atomic E-state index is 13.2. The monoisotopic (exact) mass is 452 g/mol. The highest BCUT2D eigenvalue weighted by Gasteiger charge is 2.48. The lowest BCUT2D eigenvalue weighted by atomic mass is 9.76. The first-order chi connectivity index (χ1) is 15.8. The van der Waals surface area contributed by atoms with Gasteiger partial charge in [0.25, 0.3) is 0 Å². The zero-order valence-corrected chi connectivity index (χ0v) is 20.0. The second-order valence-electron chi connectivity index (χ2n) is 9.64. The molecule has 33 heavy (non-hydrogen) atoms. The topological polar surface area (TPSA) is 95.4 Å². The molecule has 1 saturated carbocycles. The number of hydrogen-bond donors (Lipinski definition) is 3. The summed E-state index contributed by atoms with van der Waals surface area (Å²) in [4.78, 5) is 21.0. The molecule has 6 heteroatoms. The molecule has 0 amide bonds. The summed E-state index contributed by atoms with van der Waals surface area (Å²) in [7, 11) is 0. The number of imidazole rings is 1. The summed E-state index contributed by atoms with van der Waals surface area (Å²) in [5.74, 6) is 1.20. The summed E-state index contributed by atoms with van der Waals surface area (Å²) in [5.41, 5.74) is 3.40. The lowest BCUT2D eigenvalue weighted by Gasteiger charge is -2.42. The number of phenols is 1. The van der Waals surface area contributed by atoms with E-state index in [1.165, 1.54) is 0 Å². The van der Waals surface area contributed by atoms with E-state index in [0.29, 0.717) is 24.2 Å². The highest BCUT2D eigenvalue weighted by Crippen LogP contribution is 2.46. The molecule has 1 atom stereocenters. The van der Waals surface area contributed by atoms with Crippen molar-refractivity contribution < 1.29 is 19.7 Å². The van der Waals surface area contributed by atoms with E-state index in [1.807, 2.05) is 32.9 Å². The molecule has 4 rings (SSSR count). The van der Waals surface area contributed by atoms with Crippen LogP contribution >= 0.6 is 0 Å². The number of aryl methyl sites for hydroxylation is 4. The van der Waals surface area contributed by atoms with Gasteiger partial charge in [0.05, 0.1) is 11.3 Å². The lowest BCUT2D eigenvalue weighted by Crippen LogP contribution is -2.46. The Kier molecular flexibility index (Phi) is 6.82. The van der Waals surface area contributed by atoms with Gasteiger partial charge in [0.1, 0.15) is 22.9 Å². The molecule has 1 fully saturated rings. The Morgan fingerprint density at radius 2 is 1.94 bits per heavy atom. The van der Waals surface area contributed by atoms with Gasteiger partial charge in [0.15, 0.2) is 0 Å². The molecule has 0 saturated heterocycles. The number of aromatic hydroxyl groups is 1. The van der Waals surface area contributed by atoms with Crippen LogP contribution in [-0.2, 0) is 35.2 Å². The summed E-state index contributed by atoms with van der Waals surface area (Å²) in [6.07, 6.45) is 7.90. The van der Waals surface area contributed by atoms with Crippen LogP contribution < -0.4 is 0 Å². The molecule has 3 N–H and O–H groups in total. The highest BCUT2D eigenvalue weighted by atomic mass is 16.6. The van der Waals surface area contributed by atoms with Gasteiger partial charge in [-0.3, -0.25) is 0 Å². The number of hydrogen-bond acceptors (Lipinski definition) is 5. The molecule has 1 aromatic heterocycles. The smallest absolute Gasteiger partial charge is 0.338 e. The number of carbonyl (C=O) groups is 1. The van der Waals surface area contributed by atoms with Crippen molar-refractivity contribution in [3.63, 3.8) is 0 Å². The molecule has 0 radical (unpaired) electrons. The maximum Gasteiger partial charge on any atom is 0.338 e. The van der Waals surface area contributed by atoms with Gasteiger partial charge in [0.2, 0.25) is 0 Å². The fraction of sp³-hybridized carbons (Fsp3) is 0.556. The first kappa shape index (κ1) is 23.4. The minimum atomic E-state index is -0.680. The van der Waals surface area contributed by atoms with Crippen LogP contribution in [-0.4, -0.2) is 31.8 Å². The normalized spacial score (nSPS) is 21.6. The average molecular weight is 453 g/mol. The third kappa shape index (κ3) is 4.80. The number of ether oxygens (including phenoxy) is 1. The van der Waals surface area contributed by atoms with Crippen LogP contribution in [0.1, 0.15) is 80.7 Å². The van der Waals surface area contributed by atoms with E-state index in [9.17, 15) is 15.0 Å². The number of phenolic OH excluding ortho intramolecular Hbond substituents is 1. The van der Waals surface area contributed by atoms with Crippen molar-refractivity contribution in [2.24, 2.45) is 5.92 Å². The van der Waals surface area contributed by atoms with Gasteiger partial charge in [-0.2, -0.15) is 0 Å². The number of carbonyl (C=O) groups excluding carboxylic acids is 1. The number of H-pyrrole nitrogens is 1. The number of rotatable bonds is 8. The predicted octanol–water partition coefficient (Wildman–Crippen LogP) is 5.41. The van der Waals surface area contributed by atoms with Crippen LogP contribution in [0.3, 0.4) is 0 Å². The van der Waals surface area contributed by atoms with Crippen LogP contribution in [0.25, 0.3) is 0 Å². The zero-order valence-electron chi connectivity index (χ0n) is 20.0. The Morgan fingerprint density at radius 1 is 1.18 bits per heavy atom. The summed E-state index contributed by atoms with van der Waals surface area (Å²) < 4.78 is 6.24. The van der Waals surface area contributed by atoms with Crippen LogP contribution in [0.15, 0.2) is 29.5 Å². The van der Waals surface area contributed by atoms with Crippen molar-refractivity contribution in [1.29, 1.82) is 0 Å². The minimum Gasteiger partial charge on any atom is -0.512 e. The SMILES string of the molecule is CCc1nc(CC2=C(O)CC(CCc3ccc(O)c(CC)c3)(C3CCCC3)OC2=O)c(C)[nH]1. The molecule has 1 aliphatic heterocycles. The van der Waals surface area contributed by atoms with E-state index in [1.54, 1.807) is 6.07 Å². The van der Waals surface area contributed by atoms with Crippen LogP contribution in [0, 0.1) is 12.8 Å². The van der Waals surface area contributed by atoms with Crippen molar-refractivity contribution in [1.82, 2.24) is 9.97 Å². The molecule has 0 spiro atoms. The molecule has 6 nitrogen and oxygen atoms in total. The summed E-state index contributed by atoms with van der Waals surface area (Å²) in [6, 6.07) is 5.72. The van der Waals surface area contributed by atoms with E-state index in [4.69, 9.17) is 4.74 Å². The third-order valence-corrected chi connectivity index (χ3v) is 7.53. The molecule has 1 aliphatic carbocycles. The summed E-state index contributed by atoms with van der Waals surface area (Å²) >= 11 is 0. The van der Waals surface area contributed by atoms with Crippen molar-refractivity contribution in [2.45, 2.75) is 90.6 Å². The van der Waals surface area contributed by atoms with Gasteiger partial charge in [0, 0.05) is 25.0 Å². The number of cyclic esters (lactones) is 1.